The first-order chi connectivity index (χ1) is 8.31. The van der Waals surface area contributed by atoms with Gasteiger partial charge in [0.25, 0.3) is 5.91 Å². The molecule has 0 spiro atoms. The molecule has 92 valence electrons. The number of methoxy groups -OCH3 is 1. The Labute approximate surface area is 100 Å². The smallest absolute Gasteiger partial charge is 0.256 e. The van der Waals surface area contributed by atoms with E-state index in [0.29, 0.717) is 23.9 Å². The number of ether oxygens (including phenoxy) is 2. The molecule has 5 heteroatoms. The second kappa shape index (κ2) is 5.63. The lowest BCUT2D eigenvalue weighted by Gasteiger charge is -2.10. The van der Waals surface area contributed by atoms with Gasteiger partial charge >= 0.3 is 0 Å². The van der Waals surface area contributed by atoms with Crippen molar-refractivity contribution in [1.82, 2.24) is 10.3 Å². The van der Waals surface area contributed by atoms with Gasteiger partial charge < -0.3 is 14.8 Å². The van der Waals surface area contributed by atoms with Crippen LogP contribution >= 0.6 is 0 Å². The third-order valence-corrected chi connectivity index (χ3v) is 2.78. The number of amides is 1. The zero-order valence-corrected chi connectivity index (χ0v) is 9.81. The second-order valence-corrected chi connectivity index (χ2v) is 4.00. The van der Waals surface area contributed by atoms with Crippen LogP contribution in [0.1, 0.15) is 16.8 Å². The fourth-order valence-corrected chi connectivity index (χ4v) is 1.80. The first-order valence-electron chi connectivity index (χ1n) is 5.66. The molecule has 1 saturated heterocycles. The molecule has 1 aliphatic rings. The normalized spacial score (nSPS) is 19.0. The maximum absolute atomic E-state index is 11.9. The molecular formula is C12H16N2O3. The van der Waals surface area contributed by atoms with Crippen LogP contribution in [0, 0.1) is 5.92 Å². The number of nitrogens with zero attached hydrogens (tertiary/aromatic N) is 1. The van der Waals surface area contributed by atoms with E-state index < -0.39 is 0 Å². The molecule has 0 unspecified atom stereocenters. The Balaban J connectivity index is 1.94. The maximum Gasteiger partial charge on any atom is 0.256 e. The molecule has 0 radical (unpaired) electrons. The van der Waals surface area contributed by atoms with Gasteiger partial charge in [0.1, 0.15) is 5.56 Å². The van der Waals surface area contributed by atoms with E-state index >= 15 is 0 Å². The third-order valence-electron chi connectivity index (χ3n) is 2.78. The van der Waals surface area contributed by atoms with E-state index in [9.17, 15) is 4.79 Å². The van der Waals surface area contributed by atoms with Crippen molar-refractivity contribution < 1.29 is 14.3 Å². The minimum absolute atomic E-state index is 0.151. The van der Waals surface area contributed by atoms with Crippen LogP contribution in [0.25, 0.3) is 0 Å². The molecule has 1 amide bonds. The van der Waals surface area contributed by atoms with Crippen molar-refractivity contribution in [1.29, 1.82) is 0 Å². The van der Waals surface area contributed by atoms with Gasteiger partial charge in [-0.2, -0.15) is 0 Å². The lowest BCUT2D eigenvalue weighted by atomic mass is 10.1. The Hall–Kier alpha value is -1.62. The number of hydrogen-bond donors (Lipinski definition) is 1. The topological polar surface area (TPSA) is 60.5 Å². The van der Waals surface area contributed by atoms with E-state index in [4.69, 9.17) is 9.47 Å². The number of carbonyl (C=O) groups excluding carboxylic acids is 1. The van der Waals surface area contributed by atoms with Crippen LogP contribution in [0.3, 0.4) is 0 Å². The molecule has 2 rings (SSSR count). The predicted molar refractivity (Wildman–Crippen MR) is 62.0 cm³/mol. The maximum atomic E-state index is 11.9. The average molecular weight is 236 g/mol. The number of carbonyl (C=O) groups is 1. The Morgan fingerprint density at radius 2 is 2.59 bits per heavy atom. The zero-order chi connectivity index (χ0) is 12.1. The number of rotatable bonds is 4. The van der Waals surface area contributed by atoms with E-state index in [0.717, 1.165) is 19.6 Å². The summed E-state index contributed by atoms with van der Waals surface area (Å²) in [5.41, 5.74) is 0.467. The highest BCUT2D eigenvalue weighted by Gasteiger charge is 2.18. The summed E-state index contributed by atoms with van der Waals surface area (Å²) in [4.78, 5) is 15.9. The summed E-state index contributed by atoms with van der Waals surface area (Å²) in [6, 6.07) is 3.42. The van der Waals surface area contributed by atoms with Crippen molar-refractivity contribution in [3.05, 3.63) is 23.9 Å². The minimum atomic E-state index is -0.151. The molecule has 17 heavy (non-hydrogen) atoms. The first-order valence-corrected chi connectivity index (χ1v) is 5.66. The SMILES string of the molecule is COc1ncccc1C(=O)NC[C@H]1CCOC1. The quantitative estimate of drug-likeness (QED) is 0.842. The van der Waals surface area contributed by atoms with Crippen LogP contribution in [0.2, 0.25) is 0 Å². The molecule has 1 aliphatic heterocycles. The standard InChI is InChI=1S/C12H16N2O3/c1-16-12-10(3-2-5-13-12)11(15)14-7-9-4-6-17-8-9/h2-3,5,9H,4,6-8H2,1H3,(H,14,15)/t9-/m1/s1. The molecule has 1 fully saturated rings. The first kappa shape index (κ1) is 11.9. The summed E-state index contributed by atoms with van der Waals surface area (Å²) in [5.74, 6) is 0.621. The van der Waals surface area contributed by atoms with Crippen molar-refractivity contribution in [2.24, 2.45) is 5.92 Å². The molecule has 0 aromatic carbocycles. The van der Waals surface area contributed by atoms with E-state index in [-0.39, 0.29) is 5.91 Å². The highest BCUT2D eigenvalue weighted by atomic mass is 16.5. The molecule has 2 heterocycles. The van der Waals surface area contributed by atoms with Gasteiger partial charge in [-0.05, 0) is 18.6 Å². The summed E-state index contributed by atoms with van der Waals surface area (Å²) >= 11 is 0. The molecule has 0 saturated carbocycles. The van der Waals surface area contributed by atoms with Gasteiger partial charge in [0.15, 0.2) is 0 Å². The van der Waals surface area contributed by atoms with Crippen LogP contribution < -0.4 is 10.1 Å². The molecular weight excluding hydrogens is 220 g/mol. The van der Waals surface area contributed by atoms with Crippen LogP contribution in [0.5, 0.6) is 5.88 Å². The highest BCUT2D eigenvalue weighted by molar-refractivity contribution is 5.96. The summed E-state index contributed by atoms with van der Waals surface area (Å²) in [7, 11) is 1.50. The highest BCUT2D eigenvalue weighted by Crippen LogP contribution is 2.14. The van der Waals surface area contributed by atoms with Crippen molar-refractivity contribution in [3.8, 4) is 5.88 Å². The van der Waals surface area contributed by atoms with E-state index in [1.807, 2.05) is 0 Å². The van der Waals surface area contributed by atoms with Crippen LogP contribution in [-0.2, 0) is 4.74 Å². The van der Waals surface area contributed by atoms with E-state index in [2.05, 4.69) is 10.3 Å². The molecule has 1 aromatic rings. The van der Waals surface area contributed by atoms with Crippen LogP contribution in [-0.4, -0.2) is 37.8 Å². The summed E-state index contributed by atoms with van der Waals surface area (Å²) < 4.78 is 10.3. The van der Waals surface area contributed by atoms with Gasteiger partial charge in [-0.25, -0.2) is 4.98 Å². The molecule has 5 nitrogen and oxygen atoms in total. The van der Waals surface area contributed by atoms with Gasteiger partial charge in [-0.15, -0.1) is 0 Å². The lowest BCUT2D eigenvalue weighted by molar-refractivity contribution is 0.0941. The lowest BCUT2D eigenvalue weighted by Crippen LogP contribution is -2.29. The summed E-state index contributed by atoms with van der Waals surface area (Å²) in [6.45, 7) is 2.15. The van der Waals surface area contributed by atoms with E-state index in [1.54, 1.807) is 18.3 Å². The van der Waals surface area contributed by atoms with Gasteiger partial charge in [-0.3, -0.25) is 4.79 Å². The Morgan fingerprint density at radius 1 is 1.71 bits per heavy atom. The van der Waals surface area contributed by atoms with Crippen molar-refractivity contribution >= 4 is 5.91 Å². The average Bonchev–Trinajstić information content (AvgIpc) is 2.89. The fourth-order valence-electron chi connectivity index (χ4n) is 1.80. The third kappa shape index (κ3) is 2.94. The van der Waals surface area contributed by atoms with Crippen molar-refractivity contribution in [2.75, 3.05) is 26.9 Å². The Kier molecular flexibility index (Phi) is 3.93. The van der Waals surface area contributed by atoms with Crippen molar-refractivity contribution in [2.45, 2.75) is 6.42 Å². The van der Waals surface area contributed by atoms with E-state index in [1.165, 1.54) is 7.11 Å². The van der Waals surface area contributed by atoms with Crippen LogP contribution in [0.4, 0.5) is 0 Å². The van der Waals surface area contributed by atoms with Gasteiger partial charge in [0.05, 0.1) is 13.7 Å². The van der Waals surface area contributed by atoms with Gasteiger partial charge in [0, 0.05) is 25.3 Å². The number of nitrogens with one attached hydrogen (secondary N) is 1. The molecule has 1 atom stereocenters. The molecule has 0 bridgehead atoms. The number of pyridine rings is 1. The summed E-state index contributed by atoms with van der Waals surface area (Å²) in [6.07, 6.45) is 2.60. The largest absolute Gasteiger partial charge is 0.480 e. The van der Waals surface area contributed by atoms with Gasteiger partial charge in [-0.1, -0.05) is 0 Å². The van der Waals surface area contributed by atoms with Crippen molar-refractivity contribution in [3.63, 3.8) is 0 Å². The minimum Gasteiger partial charge on any atom is -0.480 e. The molecule has 0 aliphatic carbocycles. The fraction of sp³-hybridized carbons (Fsp3) is 0.500. The zero-order valence-electron chi connectivity index (χ0n) is 9.81. The summed E-state index contributed by atoms with van der Waals surface area (Å²) in [5, 5.41) is 2.88. The monoisotopic (exact) mass is 236 g/mol. The Bertz CT molecular complexity index is 389. The molecule has 1 aromatic heterocycles. The number of hydrogen-bond acceptors (Lipinski definition) is 4. The molecule has 1 N–H and O–H groups in total. The Morgan fingerprint density at radius 3 is 3.29 bits per heavy atom. The van der Waals surface area contributed by atoms with Crippen LogP contribution in [0.15, 0.2) is 18.3 Å². The van der Waals surface area contributed by atoms with Gasteiger partial charge in [0.2, 0.25) is 5.88 Å². The number of aromatic nitrogens is 1. The second-order valence-electron chi connectivity index (χ2n) is 4.00. The predicted octanol–water partition coefficient (Wildman–Crippen LogP) is 0.856.